The number of rotatable bonds is 5. The van der Waals surface area contributed by atoms with E-state index < -0.39 is 5.54 Å². The van der Waals surface area contributed by atoms with Gasteiger partial charge in [0.05, 0.1) is 5.75 Å². The second kappa shape index (κ2) is 8.06. The molecule has 22 heavy (non-hydrogen) atoms. The Morgan fingerprint density at radius 1 is 1.27 bits per heavy atom. The molecule has 0 spiro atoms. The third kappa shape index (κ3) is 5.36. The number of nitrogens with two attached hydrogens (primary N) is 1. The van der Waals surface area contributed by atoms with Crippen LogP contribution in [0.2, 0.25) is 5.02 Å². The van der Waals surface area contributed by atoms with Gasteiger partial charge >= 0.3 is 0 Å². The Balaban J connectivity index is 0.00000242. The highest BCUT2D eigenvalue weighted by Crippen LogP contribution is 2.32. The number of nitrogens with one attached hydrogen (secondary N) is 1. The number of hydrogen-bond donors (Lipinski definition) is 2. The van der Waals surface area contributed by atoms with Gasteiger partial charge in [0.1, 0.15) is 0 Å². The lowest BCUT2D eigenvalue weighted by Crippen LogP contribution is -2.45. The molecule has 0 aromatic heterocycles. The minimum atomic E-state index is -0.400. The molecule has 120 valence electrons. The van der Waals surface area contributed by atoms with Crippen LogP contribution in [0.15, 0.2) is 41.3 Å². The van der Waals surface area contributed by atoms with Crippen molar-refractivity contribution in [2.75, 3.05) is 12.3 Å². The largest absolute Gasteiger partial charge is 0.354 e. The molecule has 2 aromatic carbocycles. The van der Waals surface area contributed by atoms with Crippen molar-refractivity contribution in [3.8, 4) is 0 Å². The van der Waals surface area contributed by atoms with Gasteiger partial charge in [0.15, 0.2) is 0 Å². The van der Waals surface area contributed by atoms with E-state index in [1.807, 2.05) is 50.2 Å². The van der Waals surface area contributed by atoms with E-state index in [0.29, 0.717) is 17.3 Å². The molecule has 0 radical (unpaired) electrons. The first kappa shape index (κ1) is 19.1. The Hall–Kier alpha value is -0.940. The highest BCUT2D eigenvalue weighted by Gasteiger charge is 2.13. The molecule has 0 aliphatic rings. The molecule has 0 aliphatic carbocycles. The van der Waals surface area contributed by atoms with Gasteiger partial charge < -0.3 is 11.1 Å². The number of hydrogen-bond acceptors (Lipinski definition) is 3. The molecule has 2 rings (SSSR count). The van der Waals surface area contributed by atoms with E-state index in [1.165, 1.54) is 11.8 Å². The summed E-state index contributed by atoms with van der Waals surface area (Å²) in [5, 5.41) is 5.62. The van der Waals surface area contributed by atoms with Gasteiger partial charge in [0.25, 0.3) is 0 Å². The van der Waals surface area contributed by atoms with Crippen LogP contribution in [0, 0.1) is 0 Å². The Bertz CT molecular complexity index is 651. The zero-order valence-corrected chi connectivity index (χ0v) is 14.9. The Morgan fingerprint density at radius 3 is 2.55 bits per heavy atom. The fourth-order valence-electron chi connectivity index (χ4n) is 1.90. The summed E-state index contributed by atoms with van der Waals surface area (Å²) in [7, 11) is 0. The zero-order valence-electron chi connectivity index (χ0n) is 12.6. The topological polar surface area (TPSA) is 55.1 Å². The van der Waals surface area contributed by atoms with Crippen molar-refractivity contribution in [2.24, 2.45) is 5.73 Å². The smallest absolute Gasteiger partial charge is 0.230 e. The Labute approximate surface area is 146 Å². The number of thioether (sulfide) groups is 1. The predicted octanol–water partition coefficient (Wildman–Crippen LogP) is 3.86. The van der Waals surface area contributed by atoms with Crippen molar-refractivity contribution < 1.29 is 4.79 Å². The summed E-state index contributed by atoms with van der Waals surface area (Å²) in [5.74, 6) is 0.322. The first-order valence-electron chi connectivity index (χ1n) is 6.72. The zero-order chi connectivity index (χ0) is 15.5. The van der Waals surface area contributed by atoms with Crippen molar-refractivity contribution in [1.82, 2.24) is 5.32 Å². The van der Waals surface area contributed by atoms with E-state index in [-0.39, 0.29) is 18.3 Å². The quantitative estimate of drug-likeness (QED) is 0.797. The predicted molar refractivity (Wildman–Crippen MR) is 98.2 cm³/mol. The maximum Gasteiger partial charge on any atom is 0.230 e. The second-order valence-corrected chi connectivity index (χ2v) is 7.07. The van der Waals surface area contributed by atoms with Gasteiger partial charge in [-0.1, -0.05) is 35.9 Å². The molecule has 0 saturated carbocycles. The van der Waals surface area contributed by atoms with Crippen LogP contribution in [0.1, 0.15) is 13.8 Å². The number of fused-ring (bicyclic) bond motifs is 1. The van der Waals surface area contributed by atoms with Crippen LogP contribution in [-0.2, 0) is 4.79 Å². The highest BCUT2D eigenvalue weighted by atomic mass is 35.5. The molecule has 1 amide bonds. The van der Waals surface area contributed by atoms with Gasteiger partial charge in [0, 0.05) is 27.4 Å². The first-order valence-corrected chi connectivity index (χ1v) is 8.09. The summed E-state index contributed by atoms with van der Waals surface area (Å²) in [4.78, 5) is 12.9. The molecular weight excluding hydrogens is 339 g/mol. The lowest BCUT2D eigenvalue weighted by molar-refractivity contribution is -0.118. The molecule has 0 bridgehead atoms. The lowest BCUT2D eigenvalue weighted by Gasteiger charge is -2.18. The minimum Gasteiger partial charge on any atom is -0.354 e. The maximum atomic E-state index is 11.9. The summed E-state index contributed by atoms with van der Waals surface area (Å²) in [5.41, 5.74) is 5.45. The average Bonchev–Trinajstić information content (AvgIpc) is 2.42. The molecule has 0 fully saturated rings. The Morgan fingerprint density at radius 2 is 1.91 bits per heavy atom. The van der Waals surface area contributed by atoms with E-state index in [0.717, 1.165) is 15.7 Å². The molecule has 0 unspecified atom stereocenters. The SMILES string of the molecule is CC(C)(N)CNC(=O)CSc1cccc2cccc(Cl)c12.Cl. The monoisotopic (exact) mass is 358 g/mol. The van der Waals surface area contributed by atoms with Crippen molar-refractivity contribution in [3.05, 3.63) is 41.4 Å². The molecular formula is C16H20Cl2N2OS. The van der Waals surface area contributed by atoms with Crippen LogP contribution in [-0.4, -0.2) is 23.7 Å². The van der Waals surface area contributed by atoms with E-state index in [2.05, 4.69) is 5.32 Å². The fraction of sp³-hybridized carbons (Fsp3) is 0.312. The van der Waals surface area contributed by atoms with E-state index in [9.17, 15) is 4.79 Å². The summed E-state index contributed by atoms with van der Waals surface area (Å²) in [6, 6.07) is 11.8. The van der Waals surface area contributed by atoms with E-state index in [1.54, 1.807) is 0 Å². The van der Waals surface area contributed by atoms with Gasteiger partial charge in [-0.25, -0.2) is 0 Å². The molecule has 6 heteroatoms. The average molecular weight is 359 g/mol. The number of carbonyl (C=O) groups excluding carboxylic acids is 1. The molecule has 2 aromatic rings. The van der Waals surface area contributed by atoms with Crippen LogP contribution in [0.25, 0.3) is 10.8 Å². The fourth-order valence-corrected chi connectivity index (χ4v) is 3.18. The third-order valence-electron chi connectivity index (χ3n) is 2.92. The van der Waals surface area contributed by atoms with Crippen molar-refractivity contribution in [2.45, 2.75) is 24.3 Å². The van der Waals surface area contributed by atoms with Crippen molar-refractivity contribution in [3.63, 3.8) is 0 Å². The van der Waals surface area contributed by atoms with Crippen LogP contribution >= 0.6 is 35.8 Å². The van der Waals surface area contributed by atoms with Gasteiger partial charge in [-0.2, -0.15) is 0 Å². The Kier molecular flexibility index (Phi) is 7.00. The number of amides is 1. The van der Waals surface area contributed by atoms with Crippen LogP contribution in [0.5, 0.6) is 0 Å². The minimum absolute atomic E-state index is 0. The maximum absolute atomic E-state index is 11.9. The molecule has 3 nitrogen and oxygen atoms in total. The number of benzene rings is 2. The highest BCUT2D eigenvalue weighted by molar-refractivity contribution is 8.00. The number of halogens is 2. The lowest BCUT2D eigenvalue weighted by atomic mass is 10.1. The van der Waals surface area contributed by atoms with Gasteiger partial charge in [-0.3, -0.25) is 4.79 Å². The van der Waals surface area contributed by atoms with Crippen LogP contribution in [0.3, 0.4) is 0 Å². The van der Waals surface area contributed by atoms with Crippen molar-refractivity contribution in [1.29, 1.82) is 0 Å². The third-order valence-corrected chi connectivity index (χ3v) is 4.29. The molecule has 3 N–H and O–H groups in total. The molecule has 0 aliphatic heterocycles. The van der Waals surface area contributed by atoms with Gasteiger partial charge in [0.2, 0.25) is 5.91 Å². The standard InChI is InChI=1S/C16H19ClN2OS.ClH/c1-16(2,18)10-19-14(20)9-21-13-8-4-6-11-5-3-7-12(17)15(11)13;/h3-8H,9-10,18H2,1-2H3,(H,19,20);1H. The molecule has 0 heterocycles. The van der Waals surface area contributed by atoms with Crippen molar-refractivity contribution >= 4 is 52.4 Å². The summed E-state index contributed by atoms with van der Waals surface area (Å²) in [6.45, 7) is 4.22. The normalized spacial score (nSPS) is 11.1. The molecule has 0 atom stereocenters. The summed E-state index contributed by atoms with van der Waals surface area (Å²) < 4.78 is 0. The number of carbonyl (C=O) groups is 1. The van der Waals surface area contributed by atoms with E-state index in [4.69, 9.17) is 17.3 Å². The van der Waals surface area contributed by atoms with Gasteiger partial charge in [-0.05, 0) is 31.4 Å². The van der Waals surface area contributed by atoms with E-state index >= 15 is 0 Å². The first-order chi connectivity index (χ1) is 9.87. The van der Waals surface area contributed by atoms with Gasteiger partial charge in [-0.15, -0.1) is 24.2 Å². The summed E-state index contributed by atoms with van der Waals surface area (Å²) in [6.07, 6.45) is 0. The summed E-state index contributed by atoms with van der Waals surface area (Å²) >= 11 is 7.75. The van der Waals surface area contributed by atoms with Crippen LogP contribution < -0.4 is 11.1 Å². The molecule has 0 saturated heterocycles. The van der Waals surface area contributed by atoms with Crippen LogP contribution in [0.4, 0.5) is 0 Å². The second-order valence-electron chi connectivity index (χ2n) is 5.65.